The third kappa shape index (κ3) is 4.88. The van der Waals surface area contributed by atoms with E-state index in [0.717, 1.165) is 41.0 Å². The molecule has 1 saturated heterocycles. The first-order valence-electron chi connectivity index (χ1n) is 7.90. The van der Waals surface area contributed by atoms with Gasteiger partial charge < -0.3 is 10.2 Å². The van der Waals surface area contributed by atoms with E-state index in [2.05, 4.69) is 20.2 Å². The van der Waals surface area contributed by atoms with Crippen LogP contribution in [0.4, 0.5) is 5.82 Å². The van der Waals surface area contributed by atoms with Gasteiger partial charge in [-0.3, -0.25) is 4.79 Å². The molecule has 0 spiro atoms. The van der Waals surface area contributed by atoms with E-state index in [9.17, 15) is 4.79 Å². The highest BCUT2D eigenvalue weighted by Crippen LogP contribution is 2.27. The van der Waals surface area contributed by atoms with Crippen LogP contribution in [-0.4, -0.2) is 46.2 Å². The number of thioether (sulfide) groups is 2. The molecular weight excluding hydrogens is 340 g/mol. The standard InChI is InChI=1S/C17H20N4OS2/c22-15(20-12-14-4-2-1-3-5-14)13-24-17-16(18-6-7-19-17)21-8-10-23-11-9-21/h1-7H,8-13H2,(H,20,22). The molecule has 24 heavy (non-hydrogen) atoms. The fraction of sp³-hybridized carbons (Fsp3) is 0.353. The van der Waals surface area contributed by atoms with Crippen LogP contribution >= 0.6 is 23.5 Å². The highest BCUT2D eigenvalue weighted by Gasteiger charge is 2.17. The predicted octanol–water partition coefficient (Wildman–Crippen LogP) is 2.44. The first kappa shape index (κ1) is 17.1. The summed E-state index contributed by atoms with van der Waals surface area (Å²) in [4.78, 5) is 23.2. The minimum Gasteiger partial charge on any atom is -0.353 e. The van der Waals surface area contributed by atoms with E-state index in [1.54, 1.807) is 12.4 Å². The lowest BCUT2D eigenvalue weighted by Crippen LogP contribution is -2.33. The lowest BCUT2D eigenvalue weighted by Gasteiger charge is -2.28. The van der Waals surface area contributed by atoms with Crippen molar-refractivity contribution in [3.8, 4) is 0 Å². The maximum atomic E-state index is 12.1. The Balaban J connectivity index is 1.53. The van der Waals surface area contributed by atoms with Crippen LogP contribution in [0.3, 0.4) is 0 Å². The van der Waals surface area contributed by atoms with Gasteiger partial charge in [0.25, 0.3) is 0 Å². The molecular formula is C17H20N4OS2. The topological polar surface area (TPSA) is 58.1 Å². The van der Waals surface area contributed by atoms with Crippen LogP contribution in [0.2, 0.25) is 0 Å². The number of nitrogens with one attached hydrogen (secondary N) is 1. The van der Waals surface area contributed by atoms with E-state index in [-0.39, 0.29) is 5.91 Å². The van der Waals surface area contributed by atoms with Gasteiger partial charge in [0.05, 0.1) is 5.75 Å². The number of hydrogen-bond acceptors (Lipinski definition) is 6. The predicted molar refractivity (Wildman–Crippen MR) is 101 cm³/mol. The van der Waals surface area contributed by atoms with E-state index >= 15 is 0 Å². The zero-order chi connectivity index (χ0) is 16.6. The fourth-order valence-electron chi connectivity index (χ4n) is 2.39. The summed E-state index contributed by atoms with van der Waals surface area (Å²) in [7, 11) is 0. The maximum Gasteiger partial charge on any atom is 0.230 e. The van der Waals surface area contributed by atoms with Gasteiger partial charge in [0, 0.05) is 43.5 Å². The van der Waals surface area contributed by atoms with E-state index in [1.807, 2.05) is 42.1 Å². The Labute approximate surface area is 150 Å². The van der Waals surface area contributed by atoms with Crippen molar-refractivity contribution < 1.29 is 4.79 Å². The number of carbonyl (C=O) groups is 1. The number of nitrogens with zero attached hydrogens (tertiary/aromatic N) is 3. The average molecular weight is 361 g/mol. The van der Waals surface area contributed by atoms with Gasteiger partial charge in [0.2, 0.25) is 5.91 Å². The molecule has 1 aromatic heterocycles. The number of amides is 1. The van der Waals surface area contributed by atoms with E-state index in [0.29, 0.717) is 12.3 Å². The number of benzene rings is 1. The van der Waals surface area contributed by atoms with Gasteiger partial charge in [-0.25, -0.2) is 9.97 Å². The first-order valence-corrected chi connectivity index (χ1v) is 10.0. The molecule has 0 atom stereocenters. The fourth-order valence-corrected chi connectivity index (χ4v) is 4.11. The van der Waals surface area contributed by atoms with E-state index in [1.165, 1.54) is 11.8 Å². The molecule has 2 aromatic rings. The molecule has 1 amide bonds. The second-order valence-electron chi connectivity index (χ2n) is 5.34. The molecule has 5 nitrogen and oxygen atoms in total. The summed E-state index contributed by atoms with van der Waals surface area (Å²) in [5.74, 6) is 3.48. The van der Waals surface area contributed by atoms with Crippen molar-refractivity contribution in [3.63, 3.8) is 0 Å². The van der Waals surface area contributed by atoms with Crippen molar-refractivity contribution in [1.82, 2.24) is 15.3 Å². The van der Waals surface area contributed by atoms with Crippen molar-refractivity contribution >= 4 is 35.2 Å². The van der Waals surface area contributed by atoms with Crippen molar-refractivity contribution in [2.75, 3.05) is 35.2 Å². The molecule has 0 bridgehead atoms. The van der Waals surface area contributed by atoms with Gasteiger partial charge in [-0.15, -0.1) is 0 Å². The van der Waals surface area contributed by atoms with Crippen molar-refractivity contribution in [3.05, 3.63) is 48.3 Å². The van der Waals surface area contributed by atoms with Crippen molar-refractivity contribution in [2.45, 2.75) is 11.6 Å². The summed E-state index contributed by atoms with van der Waals surface area (Å²) >= 11 is 3.41. The highest BCUT2D eigenvalue weighted by atomic mass is 32.2. The second-order valence-corrected chi connectivity index (χ2v) is 7.52. The summed E-state index contributed by atoms with van der Waals surface area (Å²) in [6.45, 7) is 2.52. The molecule has 0 aliphatic carbocycles. The Kier molecular flexibility index (Phi) is 6.37. The van der Waals surface area contributed by atoms with Crippen LogP contribution in [0.25, 0.3) is 0 Å². The lowest BCUT2D eigenvalue weighted by molar-refractivity contribution is -0.118. The molecule has 7 heteroatoms. The number of hydrogen-bond donors (Lipinski definition) is 1. The van der Waals surface area contributed by atoms with E-state index in [4.69, 9.17) is 0 Å². The molecule has 126 valence electrons. The Bertz CT molecular complexity index is 663. The SMILES string of the molecule is O=C(CSc1nccnc1N1CCSCC1)NCc1ccccc1. The minimum atomic E-state index is 0.00894. The molecule has 1 aliphatic rings. The largest absolute Gasteiger partial charge is 0.353 e. The molecule has 3 rings (SSSR count). The van der Waals surface area contributed by atoms with Gasteiger partial charge in [-0.1, -0.05) is 42.1 Å². The van der Waals surface area contributed by atoms with Gasteiger partial charge in [-0.2, -0.15) is 11.8 Å². The first-order chi connectivity index (χ1) is 11.8. The van der Waals surface area contributed by atoms with Crippen LogP contribution in [0, 0.1) is 0 Å². The third-order valence-corrected chi connectivity index (χ3v) is 5.54. The summed E-state index contributed by atoms with van der Waals surface area (Å²) in [6.07, 6.45) is 3.41. The summed E-state index contributed by atoms with van der Waals surface area (Å²) in [6, 6.07) is 9.92. The highest BCUT2D eigenvalue weighted by molar-refractivity contribution is 8.00. The van der Waals surface area contributed by atoms with Gasteiger partial charge >= 0.3 is 0 Å². The lowest BCUT2D eigenvalue weighted by atomic mass is 10.2. The number of carbonyl (C=O) groups excluding carboxylic acids is 1. The smallest absolute Gasteiger partial charge is 0.230 e. The second kappa shape index (κ2) is 8.94. The Morgan fingerprint density at radius 2 is 1.92 bits per heavy atom. The molecule has 0 radical (unpaired) electrons. The monoisotopic (exact) mass is 360 g/mol. The van der Waals surface area contributed by atoms with Gasteiger partial charge in [0.1, 0.15) is 5.03 Å². The summed E-state index contributed by atoms with van der Waals surface area (Å²) in [5.41, 5.74) is 1.10. The average Bonchev–Trinajstić information content (AvgIpc) is 2.66. The quantitative estimate of drug-likeness (QED) is 0.799. The van der Waals surface area contributed by atoms with Crippen LogP contribution in [0.1, 0.15) is 5.56 Å². The normalized spacial score (nSPS) is 14.4. The number of rotatable bonds is 6. The minimum absolute atomic E-state index is 0.00894. The molecule has 0 saturated carbocycles. The van der Waals surface area contributed by atoms with Crippen LogP contribution in [-0.2, 0) is 11.3 Å². The van der Waals surface area contributed by atoms with Gasteiger partial charge in [0.15, 0.2) is 5.82 Å². The molecule has 1 fully saturated rings. The van der Waals surface area contributed by atoms with Crippen LogP contribution in [0.15, 0.2) is 47.8 Å². The third-order valence-electron chi connectivity index (χ3n) is 3.63. The number of aromatic nitrogens is 2. The zero-order valence-electron chi connectivity index (χ0n) is 13.4. The van der Waals surface area contributed by atoms with Crippen molar-refractivity contribution in [2.24, 2.45) is 0 Å². The van der Waals surface area contributed by atoms with E-state index < -0.39 is 0 Å². The zero-order valence-corrected chi connectivity index (χ0v) is 15.0. The Morgan fingerprint density at radius 1 is 1.17 bits per heavy atom. The molecule has 2 heterocycles. The van der Waals surface area contributed by atoms with Crippen LogP contribution < -0.4 is 10.2 Å². The summed E-state index contributed by atoms with van der Waals surface area (Å²) < 4.78 is 0. The van der Waals surface area contributed by atoms with Gasteiger partial charge in [-0.05, 0) is 5.56 Å². The number of anilines is 1. The Morgan fingerprint density at radius 3 is 2.71 bits per heavy atom. The van der Waals surface area contributed by atoms with Crippen molar-refractivity contribution in [1.29, 1.82) is 0 Å². The molecule has 1 aliphatic heterocycles. The molecule has 1 aromatic carbocycles. The maximum absolute atomic E-state index is 12.1. The van der Waals surface area contributed by atoms with Crippen LogP contribution in [0.5, 0.6) is 0 Å². The molecule has 1 N–H and O–H groups in total. The Hall–Kier alpha value is -1.73. The summed E-state index contributed by atoms with van der Waals surface area (Å²) in [5, 5.41) is 3.78. The molecule has 0 unspecified atom stereocenters.